The van der Waals surface area contributed by atoms with Crippen LogP contribution in [0.5, 0.6) is 0 Å². The van der Waals surface area contributed by atoms with E-state index >= 15 is 0 Å². The topological polar surface area (TPSA) is 0 Å². The highest BCUT2D eigenvalue weighted by Gasteiger charge is 2.30. The maximum absolute atomic E-state index is 4.22. The molecule has 0 aromatic heterocycles. The molecular weight excluding hydrogens is 528 g/mol. The fraction of sp³-hybridized carbons (Fsp3) is 0. The van der Waals surface area contributed by atoms with Crippen LogP contribution in [0.25, 0.3) is 82.8 Å². The van der Waals surface area contributed by atoms with Crippen LogP contribution in [0.1, 0.15) is 5.56 Å². The molecule has 0 heteroatoms. The van der Waals surface area contributed by atoms with Crippen molar-refractivity contribution in [3.05, 3.63) is 176 Å². The summed E-state index contributed by atoms with van der Waals surface area (Å²) in [5, 5.41) is 5.09. The minimum atomic E-state index is 1.06. The van der Waals surface area contributed by atoms with Gasteiger partial charge in [0, 0.05) is 0 Å². The van der Waals surface area contributed by atoms with E-state index in [1.54, 1.807) is 0 Å². The van der Waals surface area contributed by atoms with Gasteiger partial charge >= 0.3 is 0 Å². The van der Waals surface area contributed by atoms with Crippen molar-refractivity contribution in [1.82, 2.24) is 0 Å². The van der Waals surface area contributed by atoms with Gasteiger partial charge in [-0.15, -0.1) is 0 Å². The summed E-state index contributed by atoms with van der Waals surface area (Å²) in [5.74, 6) is 0. The zero-order valence-electron chi connectivity index (χ0n) is 24.4. The number of rotatable bonds is 6. The predicted octanol–water partition coefficient (Wildman–Crippen LogP) is 12.4. The fourth-order valence-electron chi connectivity index (χ4n) is 7.05. The van der Waals surface area contributed by atoms with Crippen molar-refractivity contribution in [3.63, 3.8) is 0 Å². The third-order valence-electron chi connectivity index (χ3n) is 8.96. The molecule has 0 amide bonds. The van der Waals surface area contributed by atoms with Crippen LogP contribution in [0.3, 0.4) is 0 Å². The average molecular weight is 559 g/mol. The molecule has 0 atom stereocenters. The van der Waals surface area contributed by atoms with Crippen LogP contribution in [-0.2, 0) is 0 Å². The first kappa shape index (κ1) is 25.9. The highest BCUT2D eigenvalue weighted by atomic mass is 14.3. The second-order valence-electron chi connectivity index (χ2n) is 11.3. The third-order valence-corrected chi connectivity index (χ3v) is 8.96. The van der Waals surface area contributed by atoms with Crippen molar-refractivity contribution in [2.24, 2.45) is 0 Å². The Morgan fingerprint density at radius 3 is 1.75 bits per heavy atom. The molecule has 0 fully saturated rings. The lowest BCUT2D eigenvalue weighted by atomic mass is 9.82. The highest BCUT2D eigenvalue weighted by molar-refractivity contribution is 6.22. The molecule has 8 rings (SSSR count). The quantitative estimate of drug-likeness (QED) is 0.178. The lowest BCUT2D eigenvalue weighted by Gasteiger charge is -2.21. The zero-order chi connectivity index (χ0) is 29.6. The number of allylic oxidation sites excluding steroid dienone is 4. The van der Waals surface area contributed by atoms with E-state index in [1.807, 2.05) is 12.2 Å². The molecule has 1 aliphatic carbocycles. The van der Waals surface area contributed by atoms with Gasteiger partial charge in [0.1, 0.15) is 0 Å². The lowest BCUT2D eigenvalue weighted by Crippen LogP contribution is -1.96. The van der Waals surface area contributed by atoms with E-state index in [0.717, 1.165) is 5.57 Å². The molecule has 0 nitrogen and oxygen atoms in total. The van der Waals surface area contributed by atoms with Gasteiger partial charge in [0.15, 0.2) is 0 Å². The molecule has 0 saturated carbocycles. The van der Waals surface area contributed by atoms with Gasteiger partial charge in [0.05, 0.1) is 0 Å². The maximum atomic E-state index is 4.22. The SMILES string of the molecule is C=C/C=C(\C=C)c1cc(-c2ccc(-c3cccc4ccccc34)cc2)c(-c2ccccc2)c2c1-c1cccc3cccc-2c13. The summed E-state index contributed by atoms with van der Waals surface area (Å²) in [6.07, 6.45) is 5.88. The molecule has 0 saturated heterocycles. The number of hydrogen-bond donors (Lipinski definition) is 0. The van der Waals surface area contributed by atoms with Gasteiger partial charge in [-0.3, -0.25) is 0 Å². The summed E-state index contributed by atoms with van der Waals surface area (Å²) in [6, 6.07) is 50.8. The Bertz CT molecular complexity index is 2270. The van der Waals surface area contributed by atoms with Crippen LogP contribution >= 0.6 is 0 Å². The standard InChI is InChI=1S/C44H30/c1-3-13-29(4-2)39-28-40(32-26-24-31(25-27-32)36-21-10-17-30-14-8-9-20-35(30)36)42(34-15-6-5-7-16-34)44-38-23-12-19-33-18-11-22-37(41(33)38)43(39)44/h3-28H,1-2H2/b29-13+. The Kier molecular flexibility index (Phi) is 6.21. The average Bonchev–Trinajstić information content (AvgIpc) is 3.43. The molecule has 0 N–H and O–H groups in total. The van der Waals surface area contributed by atoms with Crippen molar-refractivity contribution in [2.75, 3.05) is 0 Å². The largest absolute Gasteiger partial charge is 0.0990 e. The Hall–Kier alpha value is -5.72. The summed E-state index contributed by atoms with van der Waals surface area (Å²) in [4.78, 5) is 0. The molecule has 0 unspecified atom stereocenters. The second kappa shape index (κ2) is 10.5. The second-order valence-corrected chi connectivity index (χ2v) is 11.3. The smallest absolute Gasteiger partial charge is 0.000764 e. The van der Waals surface area contributed by atoms with Crippen molar-refractivity contribution < 1.29 is 0 Å². The minimum Gasteiger partial charge on any atom is -0.0990 e. The lowest BCUT2D eigenvalue weighted by molar-refractivity contribution is 1.55. The first-order valence-electron chi connectivity index (χ1n) is 15.1. The molecule has 0 aliphatic heterocycles. The van der Waals surface area contributed by atoms with Gasteiger partial charge in [-0.05, 0) is 94.4 Å². The molecule has 0 heterocycles. The van der Waals surface area contributed by atoms with Crippen molar-refractivity contribution >= 4 is 27.1 Å². The summed E-state index contributed by atoms with van der Waals surface area (Å²) in [7, 11) is 0. The van der Waals surface area contributed by atoms with Gasteiger partial charge in [-0.25, -0.2) is 0 Å². The first-order chi connectivity index (χ1) is 21.8. The van der Waals surface area contributed by atoms with Crippen LogP contribution in [0.2, 0.25) is 0 Å². The van der Waals surface area contributed by atoms with Crippen LogP contribution < -0.4 is 0 Å². The van der Waals surface area contributed by atoms with E-state index in [2.05, 4.69) is 159 Å². The minimum absolute atomic E-state index is 1.06. The molecule has 0 spiro atoms. The first-order valence-corrected chi connectivity index (χ1v) is 15.1. The van der Waals surface area contributed by atoms with E-state index in [1.165, 1.54) is 82.7 Å². The van der Waals surface area contributed by atoms with Gasteiger partial charge in [-0.1, -0.05) is 165 Å². The Morgan fingerprint density at radius 2 is 1.05 bits per heavy atom. The number of benzene rings is 7. The van der Waals surface area contributed by atoms with Crippen LogP contribution in [-0.4, -0.2) is 0 Å². The monoisotopic (exact) mass is 558 g/mol. The van der Waals surface area contributed by atoms with E-state index in [0.29, 0.717) is 0 Å². The highest BCUT2D eigenvalue weighted by Crippen LogP contribution is 2.56. The zero-order valence-corrected chi connectivity index (χ0v) is 24.4. The van der Waals surface area contributed by atoms with E-state index < -0.39 is 0 Å². The molecule has 0 radical (unpaired) electrons. The van der Waals surface area contributed by atoms with Gasteiger partial charge in [0.2, 0.25) is 0 Å². The Labute approximate surface area is 258 Å². The maximum Gasteiger partial charge on any atom is -0.000764 e. The Balaban J connectivity index is 1.44. The molecular formula is C44H30. The molecule has 7 aromatic rings. The van der Waals surface area contributed by atoms with E-state index in [9.17, 15) is 0 Å². The summed E-state index contributed by atoms with van der Waals surface area (Å²) in [5.41, 5.74) is 14.7. The molecule has 206 valence electrons. The van der Waals surface area contributed by atoms with Crippen LogP contribution in [0, 0.1) is 0 Å². The fourth-order valence-corrected chi connectivity index (χ4v) is 7.05. The van der Waals surface area contributed by atoms with E-state index in [4.69, 9.17) is 0 Å². The summed E-state index contributed by atoms with van der Waals surface area (Å²) < 4.78 is 0. The van der Waals surface area contributed by atoms with Crippen LogP contribution in [0.4, 0.5) is 0 Å². The number of hydrogen-bond acceptors (Lipinski definition) is 0. The predicted molar refractivity (Wildman–Crippen MR) is 191 cm³/mol. The summed E-state index contributed by atoms with van der Waals surface area (Å²) in [6.45, 7) is 8.24. The van der Waals surface area contributed by atoms with Crippen molar-refractivity contribution in [3.8, 4) is 55.6 Å². The van der Waals surface area contributed by atoms with Crippen LogP contribution in [0.15, 0.2) is 171 Å². The summed E-state index contributed by atoms with van der Waals surface area (Å²) >= 11 is 0. The van der Waals surface area contributed by atoms with Crippen molar-refractivity contribution in [1.29, 1.82) is 0 Å². The Morgan fingerprint density at radius 1 is 0.455 bits per heavy atom. The van der Waals surface area contributed by atoms with Gasteiger partial charge < -0.3 is 0 Å². The van der Waals surface area contributed by atoms with Crippen molar-refractivity contribution in [2.45, 2.75) is 0 Å². The molecule has 0 bridgehead atoms. The third kappa shape index (κ3) is 4.00. The molecule has 7 aromatic carbocycles. The molecule has 44 heavy (non-hydrogen) atoms. The van der Waals surface area contributed by atoms with Gasteiger partial charge in [0.25, 0.3) is 0 Å². The number of fused-ring (bicyclic) bond motifs is 4. The molecule has 1 aliphatic rings. The van der Waals surface area contributed by atoms with E-state index in [-0.39, 0.29) is 0 Å². The van der Waals surface area contributed by atoms with Gasteiger partial charge in [-0.2, -0.15) is 0 Å². The normalized spacial score (nSPS) is 12.0.